The second-order valence-corrected chi connectivity index (χ2v) is 3.82. The van der Waals surface area contributed by atoms with E-state index in [0.29, 0.717) is 6.54 Å². The zero-order valence-corrected chi connectivity index (χ0v) is 9.68. The van der Waals surface area contributed by atoms with Crippen molar-refractivity contribution in [1.82, 2.24) is 4.90 Å². The van der Waals surface area contributed by atoms with Gasteiger partial charge in [-0.1, -0.05) is 19.8 Å². The lowest BCUT2D eigenvalue weighted by atomic mass is 9.94. The Bertz CT molecular complexity index is 283. The molecular weight excluding hydrogens is 174 g/mol. The van der Waals surface area contributed by atoms with Crippen molar-refractivity contribution in [3.8, 4) is 23.8 Å². The van der Waals surface area contributed by atoms with Crippen molar-refractivity contribution in [3.05, 3.63) is 0 Å². The van der Waals surface area contributed by atoms with Crippen LogP contribution in [-0.2, 0) is 0 Å². The van der Waals surface area contributed by atoms with Crippen molar-refractivity contribution in [2.45, 2.75) is 33.3 Å². The van der Waals surface area contributed by atoms with E-state index < -0.39 is 5.60 Å². The van der Waals surface area contributed by atoms with Crippen molar-refractivity contribution >= 4 is 0 Å². The Morgan fingerprint density at radius 2 is 2.00 bits per heavy atom. The van der Waals surface area contributed by atoms with Crippen LogP contribution in [0.4, 0.5) is 0 Å². The Hall–Kier alpha value is -1.12. The maximum Gasteiger partial charge on any atom is 0.126 e. The van der Waals surface area contributed by atoms with Crippen LogP contribution in [0.1, 0.15) is 27.7 Å². The molecule has 0 aliphatic carbocycles. The van der Waals surface area contributed by atoms with Crippen LogP contribution in [0.5, 0.6) is 0 Å². The molecule has 0 aromatic carbocycles. The molecule has 1 atom stereocenters. The van der Waals surface area contributed by atoms with Gasteiger partial charge in [-0.25, -0.2) is 0 Å². The summed E-state index contributed by atoms with van der Waals surface area (Å²) in [6.45, 7) is 8.02. The van der Waals surface area contributed by atoms with Crippen molar-refractivity contribution in [2.24, 2.45) is 5.92 Å². The largest absolute Gasteiger partial charge is 0.378 e. The van der Waals surface area contributed by atoms with Gasteiger partial charge in [-0.05, 0) is 25.7 Å². The van der Waals surface area contributed by atoms with E-state index in [2.05, 4.69) is 23.8 Å². The smallest absolute Gasteiger partial charge is 0.126 e. The van der Waals surface area contributed by atoms with E-state index in [0.717, 1.165) is 0 Å². The van der Waals surface area contributed by atoms with Gasteiger partial charge in [0.15, 0.2) is 0 Å². The van der Waals surface area contributed by atoms with Crippen LogP contribution in [-0.4, -0.2) is 29.2 Å². The van der Waals surface area contributed by atoms with Gasteiger partial charge in [0.2, 0.25) is 0 Å². The maximum absolute atomic E-state index is 9.83. The molecular formula is C12H19NO. The Balaban J connectivity index is 4.32. The summed E-state index contributed by atoms with van der Waals surface area (Å²) < 4.78 is 0. The quantitative estimate of drug-likeness (QED) is 0.528. The van der Waals surface area contributed by atoms with E-state index in [4.69, 9.17) is 0 Å². The van der Waals surface area contributed by atoms with Gasteiger partial charge in [0.25, 0.3) is 0 Å². The summed E-state index contributed by atoms with van der Waals surface area (Å²) in [6.07, 6.45) is 0. The number of hydrogen-bond donors (Lipinski definition) is 1. The highest BCUT2D eigenvalue weighted by molar-refractivity contribution is 5.13. The fraction of sp³-hybridized carbons (Fsp3) is 0.667. The first kappa shape index (κ1) is 12.9. The molecule has 14 heavy (non-hydrogen) atoms. The van der Waals surface area contributed by atoms with Crippen LogP contribution >= 0.6 is 0 Å². The summed E-state index contributed by atoms with van der Waals surface area (Å²) in [5, 5.41) is 9.83. The maximum atomic E-state index is 9.83. The molecule has 0 aromatic rings. The van der Waals surface area contributed by atoms with Crippen LogP contribution in [0.2, 0.25) is 0 Å². The van der Waals surface area contributed by atoms with Gasteiger partial charge in [-0.15, -0.1) is 5.92 Å². The fourth-order valence-electron chi connectivity index (χ4n) is 0.590. The minimum absolute atomic E-state index is 0.126. The average Bonchev–Trinajstić information content (AvgIpc) is 2.11. The third-order valence-electron chi connectivity index (χ3n) is 2.12. The summed E-state index contributed by atoms with van der Waals surface area (Å²) in [7, 11) is 1.85. The molecule has 1 unspecified atom stereocenters. The van der Waals surface area contributed by atoms with E-state index in [1.165, 1.54) is 0 Å². The molecule has 0 saturated heterocycles. The molecule has 0 aliphatic rings. The van der Waals surface area contributed by atoms with Crippen molar-refractivity contribution in [2.75, 3.05) is 13.6 Å². The first-order valence-corrected chi connectivity index (χ1v) is 4.76. The van der Waals surface area contributed by atoms with Crippen molar-refractivity contribution < 1.29 is 5.11 Å². The van der Waals surface area contributed by atoms with E-state index in [1.807, 2.05) is 20.9 Å². The number of rotatable bonds is 2. The molecule has 0 rings (SSSR count). The minimum Gasteiger partial charge on any atom is -0.378 e. The molecule has 1 N–H and O–H groups in total. The van der Waals surface area contributed by atoms with Crippen molar-refractivity contribution in [3.63, 3.8) is 0 Å². The molecule has 0 spiro atoms. The predicted molar refractivity (Wildman–Crippen MR) is 59.3 cm³/mol. The summed E-state index contributed by atoms with van der Waals surface area (Å²) in [5.41, 5.74) is -0.923. The first-order chi connectivity index (χ1) is 6.40. The topological polar surface area (TPSA) is 23.5 Å². The number of aliphatic hydroxyl groups is 1. The molecule has 0 amide bonds. The molecule has 0 aromatic heterocycles. The van der Waals surface area contributed by atoms with E-state index in [1.54, 1.807) is 18.7 Å². The highest BCUT2D eigenvalue weighted by atomic mass is 16.3. The summed E-state index contributed by atoms with van der Waals surface area (Å²) >= 11 is 0. The summed E-state index contributed by atoms with van der Waals surface area (Å²) in [5.74, 6) is 8.66. The van der Waals surface area contributed by atoms with Gasteiger partial charge in [-0.2, -0.15) is 0 Å². The lowest BCUT2D eigenvalue weighted by Gasteiger charge is -2.21. The highest BCUT2D eigenvalue weighted by Gasteiger charge is 2.21. The lowest BCUT2D eigenvalue weighted by molar-refractivity contribution is 0.0722. The second-order valence-electron chi connectivity index (χ2n) is 3.82. The molecule has 78 valence electrons. The molecule has 0 aliphatic heterocycles. The van der Waals surface area contributed by atoms with E-state index in [9.17, 15) is 5.11 Å². The zero-order valence-electron chi connectivity index (χ0n) is 9.68. The lowest BCUT2D eigenvalue weighted by Crippen LogP contribution is -2.29. The van der Waals surface area contributed by atoms with Crippen molar-refractivity contribution in [1.29, 1.82) is 0 Å². The molecule has 0 heterocycles. The number of hydrogen-bond acceptors (Lipinski definition) is 2. The van der Waals surface area contributed by atoms with Crippen LogP contribution in [0, 0.1) is 29.7 Å². The summed E-state index contributed by atoms with van der Waals surface area (Å²) in [4.78, 5) is 1.77. The number of nitrogens with zero attached hydrogens (tertiary/aromatic N) is 1. The monoisotopic (exact) mass is 193 g/mol. The molecule has 2 nitrogen and oxygen atoms in total. The zero-order chi connectivity index (χ0) is 11.2. The highest BCUT2D eigenvalue weighted by Crippen LogP contribution is 2.13. The second kappa shape index (κ2) is 5.58. The van der Waals surface area contributed by atoms with Crippen LogP contribution in [0.15, 0.2) is 0 Å². The standard InChI is InChI=1S/C12H19NO/c1-6-7-9-13(5)10-8-12(4,14)11(2)3/h11,14H,9H2,1-5H3. The molecule has 0 saturated carbocycles. The van der Waals surface area contributed by atoms with E-state index >= 15 is 0 Å². The van der Waals surface area contributed by atoms with Gasteiger partial charge in [0.05, 0.1) is 6.54 Å². The third kappa shape index (κ3) is 4.80. The fourth-order valence-corrected chi connectivity index (χ4v) is 0.590. The Morgan fingerprint density at radius 1 is 1.43 bits per heavy atom. The minimum atomic E-state index is -0.923. The molecule has 2 heteroatoms. The third-order valence-corrected chi connectivity index (χ3v) is 2.12. The van der Waals surface area contributed by atoms with Crippen LogP contribution < -0.4 is 0 Å². The Kier molecular flexibility index (Phi) is 5.13. The van der Waals surface area contributed by atoms with Gasteiger partial charge in [0, 0.05) is 13.1 Å². The van der Waals surface area contributed by atoms with Gasteiger partial charge >= 0.3 is 0 Å². The van der Waals surface area contributed by atoms with Gasteiger partial charge in [-0.3, -0.25) is 0 Å². The molecule has 0 fully saturated rings. The normalized spacial score (nSPS) is 13.4. The van der Waals surface area contributed by atoms with E-state index in [-0.39, 0.29) is 5.92 Å². The van der Waals surface area contributed by atoms with Crippen LogP contribution in [0.3, 0.4) is 0 Å². The predicted octanol–water partition coefficient (Wildman–Crippen LogP) is 1.31. The average molecular weight is 193 g/mol. The van der Waals surface area contributed by atoms with Gasteiger partial charge < -0.3 is 10.0 Å². The Labute approximate surface area is 87.3 Å². The first-order valence-electron chi connectivity index (χ1n) is 4.76. The molecule has 0 radical (unpaired) electrons. The summed E-state index contributed by atoms with van der Waals surface area (Å²) in [6, 6.07) is 2.87. The Morgan fingerprint density at radius 3 is 2.43 bits per heavy atom. The van der Waals surface area contributed by atoms with Crippen LogP contribution in [0.25, 0.3) is 0 Å². The SMILES string of the molecule is CC#CCN(C)C#CC(C)(O)C(C)C. The molecule has 0 bridgehead atoms. The van der Waals surface area contributed by atoms with Gasteiger partial charge in [0.1, 0.15) is 5.60 Å².